The monoisotopic (exact) mass is 569 g/mol. The second kappa shape index (κ2) is 13.9. The van der Waals surface area contributed by atoms with E-state index in [9.17, 15) is 4.79 Å². The van der Waals surface area contributed by atoms with Crippen molar-refractivity contribution >= 4 is 23.0 Å². The maximum atomic E-state index is 10.6. The van der Waals surface area contributed by atoms with Gasteiger partial charge >= 0.3 is 0 Å². The minimum Gasteiger partial charge on any atom is -0.344 e. The van der Waals surface area contributed by atoms with Gasteiger partial charge in [0.05, 0.1) is 6.07 Å². The van der Waals surface area contributed by atoms with Crippen LogP contribution in [0.3, 0.4) is 0 Å². The molecule has 0 spiro atoms. The Balaban J connectivity index is 0.000000203. The van der Waals surface area contributed by atoms with Gasteiger partial charge in [0.2, 0.25) is 6.41 Å². The number of carbonyl (C=O) groups excluding carboxylic acids is 1. The van der Waals surface area contributed by atoms with E-state index in [4.69, 9.17) is 5.26 Å². The third-order valence-electron chi connectivity index (χ3n) is 7.94. The first-order valence-corrected chi connectivity index (χ1v) is 16.0. The van der Waals surface area contributed by atoms with E-state index >= 15 is 0 Å². The molecule has 2 aliphatic carbocycles. The minimum atomic E-state index is 0.0317. The van der Waals surface area contributed by atoms with Crippen LogP contribution in [0, 0.1) is 16.7 Å². The van der Waals surface area contributed by atoms with Crippen LogP contribution in [-0.2, 0) is 28.6 Å². The molecule has 42 heavy (non-hydrogen) atoms. The molecule has 0 radical (unpaired) electrons. The Morgan fingerprint density at radius 3 is 2.21 bits per heavy atom. The summed E-state index contributed by atoms with van der Waals surface area (Å²) in [5, 5.41) is 12.5. The maximum Gasteiger partial charge on any atom is 0.211 e. The van der Waals surface area contributed by atoms with E-state index in [2.05, 4.69) is 103 Å². The van der Waals surface area contributed by atoms with Crippen molar-refractivity contribution in [3.8, 4) is 6.07 Å². The molecule has 1 amide bonds. The highest BCUT2D eigenvalue weighted by Crippen LogP contribution is 2.50. The Hall–Kier alpha value is -3.06. The van der Waals surface area contributed by atoms with Gasteiger partial charge in [-0.2, -0.15) is 5.26 Å². The van der Waals surface area contributed by atoms with Gasteiger partial charge < -0.3 is 9.88 Å². The molecule has 0 bridgehead atoms. The van der Waals surface area contributed by atoms with Crippen LogP contribution in [0.4, 0.5) is 5.69 Å². The zero-order chi connectivity index (χ0) is 31.1. The van der Waals surface area contributed by atoms with Gasteiger partial charge in [0.1, 0.15) is 0 Å². The van der Waals surface area contributed by atoms with E-state index in [0.717, 1.165) is 35.5 Å². The number of amides is 1. The van der Waals surface area contributed by atoms with Gasteiger partial charge in [0, 0.05) is 40.7 Å². The number of rotatable bonds is 9. The molecule has 3 aromatic rings. The summed E-state index contributed by atoms with van der Waals surface area (Å²) in [6.45, 7) is 20.8. The van der Waals surface area contributed by atoms with Gasteiger partial charge in [0.25, 0.3) is 0 Å². The first-order valence-electron chi connectivity index (χ1n) is 16.0. The molecule has 4 heteroatoms. The van der Waals surface area contributed by atoms with Crippen LogP contribution < -0.4 is 5.32 Å². The van der Waals surface area contributed by atoms with Crippen LogP contribution in [0.1, 0.15) is 136 Å². The molecular weight excluding hydrogens is 514 g/mol. The summed E-state index contributed by atoms with van der Waals surface area (Å²) in [5.41, 5.74) is 9.18. The fraction of sp³-hybridized carbons (Fsp3) is 0.579. The van der Waals surface area contributed by atoms with Gasteiger partial charge in [0.15, 0.2) is 0 Å². The van der Waals surface area contributed by atoms with Gasteiger partial charge in [-0.25, -0.2) is 0 Å². The zero-order valence-corrected chi connectivity index (χ0v) is 27.9. The number of carbonyl (C=O) groups is 1. The lowest BCUT2D eigenvalue weighted by molar-refractivity contribution is -0.105. The van der Waals surface area contributed by atoms with Crippen LogP contribution in [0.25, 0.3) is 10.9 Å². The summed E-state index contributed by atoms with van der Waals surface area (Å²) in [4.78, 5) is 10.6. The zero-order valence-electron chi connectivity index (χ0n) is 27.9. The number of nitrogens with one attached hydrogen (secondary N) is 1. The van der Waals surface area contributed by atoms with Crippen LogP contribution in [-0.4, -0.2) is 11.0 Å². The molecule has 2 fully saturated rings. The number of benzene rings is 2. The largest absolute Gasteiger partial charge is 0.344 e. The van der Waals surface area contributed by atoms with Crippen molar-refractivity contribution in [1.29, 1.82) is 5.26 Å². The molecule has 0 aliphatic heterocycles. The van der Waals surface area contributed by atoms with Crippen LogP contribution in [0.15, 0.2) is 42.5 Å². The maximum absolute atomic E-state index is 10.6. The lowest BCUT2D eigenvalue weighted by Crippen LogP contribution is -2.17. The highest BCUT2D eigenvalue weighted by atomic mass is 16.1. The third-order valence-corrected chi connectivity index (χ3v) is 7.94. The summed E-state index contributed by atoms with van der Waals surface area (Å²) in [6.07, 6.45) is 10.3. The number of aromatic nitrogens is 1. The van der Waals surface area contributed by atoms with E-state index in [0.29, 0.717) is 23.7 Å². The number of nitrogens with zero attached hydrogens (tertiary/aromatic N) is 2. The van der Waals surface area contributed by atoms with Crippen molar-refractivity contribution in [2.75, 3.05) is 5.32 Å². The average Bonchev–Trinajstić information content (AvgIpc) is 3.83. The first-order chi connectivity index (χ1) is 19.7. The quantitative estimate of drug-likeness (QED) is 0.206. The van der Waals surface area contributed by atoms with Crippen molar-refractivity contribution in [2.24, 2.45) is 5.41 Å². The molecule has 228 valence electrons. The SMILES string of the molecule is CC(C)(C)C.CC(C)(C)c1cc2cc(NC=O)ccc2n1CCCC#N.CCCc1ccc(C2(C)CC2)cc1C1CC1. The Kier molecular flexibility index (Phi) is 11.1. The van der Waals surface area contributed by atoms with Gasteiger partial charge in [-0.1, -0.05) is 86.9 Å². The fourth-order valence-corrected chi connectivity index (χ4v) is 5.33. The number of aryl methyl sites for hydroxylation is 2. The third kappa shape index (κ3) is 9.75. The Bertz CT molecular complexity index is 1360. The van der Waals surface area contributed by atoms with Crippen molar-refractivity contribution < 1.29 is 4.79 Å². The van der Waals surface area contributed by atoms with Gasteiger partial charge in [-0.15, -0.1) is 0 Å². The molecule has 2 saturated carbocycles. The molecule has 1 heterocycles. The van der Waals surface area contributed by atoms with Crippen LogP contribution >= 0.6 is 0 Å². The van der Waals surface area contributed by atoms with E-state index in [1.54, 1.807) is 16.7 Å². The van der Waals surface area contributed by atoms with E-state index in [1.807, 2.05) is 18.2 Å². The van der Waals surface area contributed by atoms with Crippen molar-refractivity contribution in [3.05, 3.63) is 64.8 Å². The fourth-order valence-electron chi connectivity index (χ4n) is 5.33. The molecule has 0 saturated heterocycles. The van der Waals surface area contributed by atoms with Crippen molar-refractivity contribution in [1.82, 2.24) is 4.57 Å². The number of anilines is 1. The summed E-state index contributed by atoms with van der Waals surface area (Å²) in [5.74, 6) is 0.906. The van der Waals surface area contributed by atoms with Crippen LogP contribution in [0.2, 0.25) is 0 Å². The number of fused-ring (bicyclic) bond motifs is 1. The molecule has 2 aromatic carbocycles. The molecule has 1 N–H and O–H groups in total. The Labute approximate surface area is 255 Å². The summed E-state index contributed by atoms with van der Waals surface area (Å²) in [7, 11) is 0. The lowest BCUT2D eigenvalue weighted by Gasteiger charge is -2.22. The minimum absolute atomic E-state index is 0.0317. The number of hydrogen-bond acceptors (Lipinski definition) is 2. The number of unbranched alkanes of at least 4 members (excludes halogenated alkanes) is 1. The summed E-state index contributed by atoms with van der Waals surface area (Å²) < 4.78 is 2.29. The second-order valence-corrected chi connectivity index (χ2v) is 15.2. The predicted molar refractivity (Wildman–Crippen MR) is 179 cm³/mol. The van der Waals surface area contributed by atoms with Crippen molar-refractivity contribution in [2.45, 2.75) is 137 Å². The molecular formula is C38H55N3O. The standard InChI is InChI=1S/C17H21N3O.C16H22.C5H12/c1-17(2,3)16-11-13-10-14(19-12-21)6-7-15(13)20(16)9-5-4-8-18;1-3-4-12-7-8-14(16(2)9-10-16)11-15(12)13-5-6-13;1-5(2,3)4/h6-7,10-12H,4-5,9H2,1-3H3,(H,19,21);7-8,11,13H,3-6,9-10H2,1-2H3;1-4H3. The van der Waals surface area contributed by atoms with E-state index in [-0.39, 0.29) is 5.41 Å². The van der Waals surface area contributed by atoms with Gasteiger partial charge in [-0.3, -0.25) is 4.79 Å². The summed E-state index contributed by atoms with van der Waals surface area (Å²) in [6, 6.07) is 17.6. The molecule has 0 unspecified atom stereocenters. The molecule has 4 nitrogen and oxygen atoms in total. The second-order valence-electron chi connectivity index (χ2n) is 15.2. The lowest BCUT2D eigenvalue weighted by atomic mass is 9.91. The number of hydrogen-bond donors (Lipinski definition) is 1. The topological polar surface area (TPSA) is 57.8 Å². The van der Waals surface area contributed by atoms with Gasteiger partial charge in [-0.05, 0) is 96.2 Å². The predicted octanol–water partition coefficient (Wildman–Crippen LogP) is 10.4. The average molecular weight is 570 g/mol. The van der Waals surface area contributed by atoms with E-state index in [1.165, 1.54) is 44.2 Å². The normalized spacial score (nSPS) is 15.5. The Morgan fingerprint density at radius 2 is 1.69 bits per heavy atom. The molecule has 2 aliphatic rings. The summed E-state index contributed by atoms with van der Waals surface area (Å²) >= 11 is 0. The Morgan fingerprint density at radius 1 is 1.02 bits per heavy atom. The molecule has 0 atom stereocenters. The van der Waals surface area contributed by atoms with Crippen molar-refractivity contribution in [3.63, 3.8) is 0 Å². The van der Waals surface area contributed by atoms with Crippen LogP contribution in [0.5, 0.6) is 0 Å². The highest BCUT2D eigenvalue weighted by Gasteiger charge is 2.39. The smallest absolute Gasteiger partial charge is 0.211 e. The highest BCUT2D eigenvalue weighted by molar-refractivity contribution is 5.87. The number of nitriles is 1. The molecule has 1 aromatic heterocycles. The molecule has 5 rings (SSSR count). The first kappa shape index (κ1) is 33.4. The van der Waals surface area contributed by atoms with E-state index < -0.39 is 0 Å².